The Morgan fingerprint density at radius 2 is 1.55 bits per heavy atom. The van der Waals surface area contributed by atoms with Crippen LogP contribution < -0.4 is 11.5 Å². The molecule has 0 aliphatic carbocycles. The average molecular weight is 300 g/mol. The predicted octanol–water partition coefficient (Wildman–Crippen LogP) is 2.95. The van der Waals surface area contributed by atoms with E-state index in [1.807, 2.05) is 0 Å². The number of thioether (sulfide) groups is 1. The minimum atomic E-state index is -4.32. The molecule has 0 saturated heterocycles. The number of halogens is 3. The van der Waals surface area contributed by atoms with Crippen LogP contribution in [0.5, 0.6) is 0 Å². The van der Waals surface area contributed by atoms with Crippen LogP contribution in [0, 0.1) is 0 Å². The van der Waals surface area contributed by atoms with Crippen LogP contribution in [0.25, 0.3) is 0 Å². The van der Waals surface area contributed by atoms with Gasteiger partial charge in [-0.3, -0.25) is 0 Å². The molecule has 2 aromatic rings. The van der Waals surface area contributed by atoms with E-state index in [9.17, 15) is 13.2 Å². The van der Waals surface area contributed by atoms with Gasteiger partial charge in [0.2, 0.25) is 0 Å². The summed E-state index contributed by atoms with van der Waals surface area (Å²) in [6.45, 7) is 0. The highest BCUT2D eigenvalue weighted by Crippen LogP contribution is 2.30. The van der Waals surface area contributed by atoms with Gasteiger partial charge in [0.25, 0.3) is 0 Å². The molecule has 2 rings (SSSR count). The maximum absolute atomic E-state index is 12.4. The van der Waals surface area contributed by atoms with Crippen molar-refractivity contribution < 1.29 is 13.2 Å². The summed E-state index contributed by atoms with van der Waals surface area (Å²) in [6.07, 6.45) is -4.32. The maximum atomic E-state index is 12.4. The third-order valence-corrected chi connectivity index (χ3v) is 3.31. The van der Waals surface area contributed by atoms with Crippen molar-refractivity contribution in [2.75, 3.05) is 11.5 Å². The number of nitrogen functional groups attached to an aromatic ring is 2. The van der Waals surface area contributed by atoms with E-state index in [2.05, 4.69) is 9.97 Å². The Bertz CT molecular complexity index is 578. The largest absolute Gasteiger partial charge is 0.416 e. The van der Waals surface area contributed by atoms with Gasteiger partial charge in [-0.2, -0.15) is 13.2 Å². The van der Waals surface area contributed by atoms with Gasteiger partial charge in [-0.1, -0.05) is 23.9 Å². The summed E-state index contributed by atoms with van der Waals surface area (Å²) < 4.78 is 37.2. The molecule has 0 bridgehead atoms. The number of anilines is 2. The monoisotopic (exact) mass is 300 g/mol. The summed E-state index contributed by atoms with van der Waals surface area (Å²) in [5, 5.41) is 0.391. The lowest BCUT2D eigenvalue weighted by molar-refractivity contribution is -0.137. The molecule has 0 spiro atoms. The summed E-state index contributed by atoms with van der Waals surface area (Å²) in [6, 6.07) is 6.37. The molecule has 0 aliphatic rings. The first-order chi connectivity index (χ1) is 9.34. The predicted molar refractivity (Wildman–Crippen MR) is 71.9 cm³/mol. The van der Waals surface area contributed by atoms with E-state index in [1.54, 1.807) is 0 Å². The summed E-state index contributed by atoms with van der Waals surface area (Å²) in [4.78, 5) is 7.95. The number of aromatic nitrogens is 2. The lowest BCUT2D eigenvalue weighted by atomic mass is 10.1. The van der Waals surface area contributed by atoms with E-state index in [-0.39, 0.29) is 11.6 Å². The van der Waals surface area contributed by atoms with Crippen LogP contribution >= 0.6 is 11.8 Å². The van der Waals surface area contributed by atoms with Crippen LogP contribution in [0.4, 0.5) is 24.8 Å². The topological polar surface area (TPSA) is 77.8 Å². The molecular weight excluding hydrogens is 289 g/mol. The van der Waals surface area contributed by atoms with Gasteiger partial charge in [-0.15, -0.1) is 0 Å². The van der Waals surface area contributed by atoms with Gasteiger partial charge >= 0.3 is 6.18 Å². The third-order valence-electron chi connectivity index (χ3n) is 2.39. The molecule has 0 saturated carbocycles. The van der Waals surface area contributed by atoms with Crippen molar-refractivity contribution in [1.82, 2.24) is 9.97 Å². The molecule has 1 aromatic carbocycles. The first kappa shape index (κ1) is 14.4. The Labute approximate surface area is 117 Å². The molecule has 1 aromatic heterocycles. The Morgan fingerprint density at radius 1 is 1.00 bits per heavy atom. The van der Waals surface area contributed by atoms with Crippen LogP contribution in [0.2, 0.25) is 0 Å². The summed E-state index contributed by atoms with van der Waals surface area (Å²) in [5.41, 5.74) is 11.1. The van der Waals surface area contributed by atoms with E-state index >= 15 is 0 Å². The third kappa shape index (κ3) is 3.77. The standard InChI is InChI=1S/C12H11F3N4S/c13-12(14,15)8-3-1-7(2-4-8)6-20-11-18-9(16)5-10(17)19-11/h1-5H,6H2,(H4,16,17,18,19). The Hall–Kier alpha value is -1.96. The zero-order chi connectivity index (χ0) is 14.8. The van der Waals surface area contributed by atoms with Crippen molar-refractivity contribution in [1.29, 1.82) is 0 Å². The molecule has 0 radical (unpaired) electrons. The van der Waals surface area contributed by atoms with E-state index in [0.29, 0.717) is 10.9 Å². The van der Waals surface area contributed by atoms with Crippen LogP contribution in [0.15, 0.2) is 35.5 Å². The lowest BCUT2D eigenvalue weighted by Crippen LogP contribution is -2.04. The van der Waals surface area contributed by atoms with Crippen LogP contribution in [-0.2, 0) is 11.9 Å². The first-order valence-electron chi connectivity index (χ1n) is 5.53. The molecular formula is C12H11F3N4S. The van der Waals surface area contributed by atoms with Gasteiger partial charge in [0.1, 0.15) is 11.6 Å². The van der Waals surface area contributed by atoms with E-state index in [0.717, 1.165) is 17.7 Å². The normalized spacial score (nSPS) is 11.6. The van der Waals surface area contributed by atoms with E-state index < -0.39 is 11.7 Å². The molecule has 0 fully saturated rings. The average Bonchev–Trinajstić information content (AvgIpc) is 2.35. The van der Waals surface area contributed by atoms with Crippen LogP contribution in [0.1, 0.15) is 11.1 Å². The van der Waals surface area contributed by atoms with Crippen LogP contribution in [-0.4, -0.2) is 9.97 Å². The fourth-order valence-electron chi connectivity index (χ4n) is 1.46. The number of hydrogen-bond donors (Lipinski definition) is 2. The Kier molecular flexibility index (Phi) is 4.03. The Morgan fingerprint density at radius 3 is 2.05 bits per heavy atom. The van der Waals surface area contributed by atoms with Gasteiger partial charge in [-0.25, -0.2) is 9.97 Å². The molecule has 8 heteroatoms. The summed E-state index contributed by atoms with van der Waals surface area (Å²) >= 11 is 1.25. The first-order valence-corrected chi connectivity index (χ1v) is 6.52. The van der Waals surface area contributed by atoms with Gasteiger partial charge in [0.05, 0.1) is 5.56 Å². The summed E-state index contributed by atoms with van der Waals surface area (Å²) in [7, 11) is 0. The number of nitrogens with zero attached hydrogens (tertiary/aromatic N) is 2. The van der Waals surface area contributed by atoms with Crippen LogP contribution in [0.3, 0.4) is 0 Å². The number of rotatable bonds is 3. The second-order valence-electron chi connectivity index (χ2n) is 3.98. The molecule has 4 nitrogen and oxygen atoms in total. The van der Waals surface area contributed by atoms with Gasteiger partial charge < -0.3 is 11.5 Å². The molecule has 1 heterocycles. The van der Waals surface area contributed by atoms with Crippen molar-refractivity contribution in [3.63, 3.8) is 0 Å². The van der Waals surface area contributed by atoms with Gasteiger partial charge in [-0.05, 0) is 17.7 Å². The second-order valence-corrected chi connectivity index (χ2v) is 4.93. The number of alkyl halides is 3. The van der Waals surface area contributed by atoms with Crippen molar-refractivity contribution in [2.24, 2.45) is 0 Å². The zero-order valence-corrected chi connectivity index (χ0v) is 11.0. The highest BCUT2D eigenvalue weighted by molar-refractivity contribution is 7.98. The van der Waals surface area contributed by atoms with E-state index in [4.69, 9.17) is 11.5 Å². The fourth-order valence-corrected chi connectivity index (χ4v) is 2.29. The highest BCUT2D eigenvalue weighted by Gasteiger charge is 2.29. The SMILES string of the molecule is Nc1cc(N)nc(SCc2ccc(C(F)(F)F)cc2)n1. The van der Waals surface area contributed by atoms with Crippen molar-refractivity contribution in [3.05, 3.63) is 41.5 Å². The lowest BCUT2D eigenvalue weighted by Gasteiger charge is -2.07. The van der Waals surface area contributed by atoms with Gasteiger partial charge in [0.15, 0.2) is 5.16 Å². The van der Waals surface area contributed by atoms with E-state index in [1.165, 1.54) is 30.0 Å². The van der Waals surface area contributed by atoms with Crippen molar-refractivity contribution in [3.8, 4) is 0 Å². The molecule has 0 amide bonds. The van der Waals surface area contributed by atoms with Crippen molar-refractivity contribution in [2.45, 2.75) is 17.1 Å². The zero-order valence-electron chi connectivity index (χ0n) is 10.2. The molecule has 4 N–H and O–H groups in total. The minimum absolute atomic E-state index is 0.257. The molecule has 0 atom stereocenters. The summed E-state index contributed by atoms with van der Waals surface area (Å²) in [5.74, 6) is 0.945. The maximum Gasteiger partial charge on any atom is 0.416 e. The molecule has 106 valence electrons. The number of nitrogens with two attached hydrogens (primary N) is 2. The number of hydrogen-bond acceptors (Lipinski definition) is 5. The highest BCUT2D eigenvalue weighted by atomic mass is 32.2. The minimum Gasteiger partial charge on any atom is -0.383 e. The van der Waals surface area contributed by atoms with Gasteiger partial charge in [0, 0.05) is 11.8 Å². The molecule has 0 unspecified atom stereocenters. The second kappa shape index (κ2) is 5.58. The number of benzene rings is 1. The quantitative estimate of drug-likeness (QED) is 0.673. The van der Waals surface area contributed by atoms with Crippen molar-refractivity contribution >= 4 is 23.4 Å². The smallest absolute Gasteiger partial charge is 0.383 e. The molecule has 0 aliphatic heterocycles. The fraction of sp³-hybridized carbons (Fsp3) is 0.167. The molecule has 20 heavy (non-hydrogen) atoms. The Balaban J connectivity index is 2.04.